The number of aromatic nitrogens is 2. The number of hydrogen-bond acceptors (Lipinski definition) is 6. The van der Waals surface area contributed by atoms with Gasteiger partial charge in [-0.15, -0.1) is 0 Å². The van der Waals surface area contributed by atoms with Crippen molar-refractivity contribution < 1.29 is 31.9 Å². The van der Waals surface area contributed by atoms with Gasteiger partial charge < -0.3 is 20.3 Å². The number of ether oxygens (including phenoxy) is 1. The number of anilines is 1. The minimum atomic E-state index is -4.58. The molecule has 2 fully saturated rings. The monoisotopic (exact) mass is 577 g/mol. The second kappa shape index (κ2) is 10.7. The molecule has 0 spiro atoms. The van der Waals surface area contributed by atoms with Crippen molar-refractivity contribution in [1.82, 2.24) is 20.6 Å². The zero-order valence-corrected chi connectivity index (χ0v) is 21.9. The minimum absolute atomic E-state index is 0.0294. The van der Waals surface area contributed by atoms with Crippen molar-refractivity contribution in [3.8, 4) is 5.88 Å². The van der Waals surface area contributed by atoms with E-state index in [0.717, 1.165) is 25.1 Å². The largest absolute Gasteiger partial charge is 0.460 e. The number of alkyl halides is 3. The van der Waals surface area contributed by atoms with Crippen LogP contribution < -0.4 is 20.3 Å². The summed E-state index contributed by atoms with van der Waals surface area (Å²) in [5.74, 6) is -2.14. The average molecular weight is 578 g/mol. The summed E-state index contributed by atoms with van der Waals surface area (Å²) in [5, 5.41) is 5.20. The number of amides is 2. The summed E-state index contributed by atoms with van der Waals surface area (Å²) in [7, 11) is 0. The fraction of sp³-hybridized carbons (Fsp3) is 0.500. The van der Waals surface area contributed by atoms with Crippen LogP contribution in [0.25, 0.3) is 0 Å². The number of nitrogens with zero attached hydrogens (tertiary/aromatic N) is 3. The van der Waals surface area contributed by atoms with Crippen LogP contribution in [0.5, 0.6) is 5.88 Å². The lowest BCUT2D eigenvalue weighted by molar-refractivity contribution is -0.135. The Hall–Kier alpha value is -2.86. The molecule has 2 saturated heterocycles. The number of carbonyl (C=O) groups is 2. The van der Waals surface area contributed by atoms with Gasteiger partial charge in [0.05, 0.1) is 10.6 Å². The zero-order valence-electron chi connectivity index (χ0n) is 20.4. The first-order valence-corrected chi connectivity index (χ1v) is 12.6. The number of halogens is 6. The molecule has 2 amide bonds. The smallest absolute Gasteiger partial charge is 0.405 e. The quantitative estimate of drug-likeness (QED) is 0.463. The maximum Gasteiger partial charge on any atom is 0.405 e. The maximum atomic E-state index is 15.0. The zero-order chi connectivity index (χ0) is 27.8. The Morgan fingerprint density at radius 2 is 1.76 bits per heavy atom. The molecule has 2 N–H and O–H groups in total. The molecule has 2 aliphatic heterocycles. The molecule has 0 saturated carbocycles. The van der Waals surface area contributed by atoms with Crippen molar-refractivity contribution in [3.63, 3.8) is 0 Å². The Morgan fingerprint density at radius 3 is 2.34 bits per heavy atom. The Balaban J connectivity index is 1.39. The molecule has 14 heteroatoms. The molecule has 0 aromatic carbocycles. The highest BCUT2D eigenvalue weighted by Gasteiger charge is 2.44. The second-order valence-corrected chi connectivity index (χ2v) is 10.7. The van der Waals surface area contributed by atoms with Gasteiger partial charge in [-0.1, -0.05) is 23.2 Å². The first kappa shape index (κ1) is 28.2. The highest BCUT2D eigenvalue weighted by Crippen LogP contribution is 2.40. The number of hydrogen-bond donors (Lipinski definition) is 2. The standard InChI is InChI=1S/C24H25Cl2F4N5O3/c1-23(2,38-21-17(26)6-13(25)10-32-21)22(37)34-14-7-15-3-4-16(8-14)35(15)19-18(27)5-12(9-31-19)20(36)33-11-24(28,29)30/h5-6,9-10,14-16H,3-4,7-8,11H2,1-2H3,(H,33,36)(H,34,37)/t14?,15-,16+. The third-order valence-corrected chi connectivity index (χ3v) is 7.00. The van der Waals surface area contributed by atoms with E-state index >= 15 is 0 Å². The molecule has 4 heterocycles. The number of pyridine rings is 2. The van der Waals surface area contributed by atoms with Crippen LogP contribution >= 0.6 is 23.2 Å². The third-order valence-electron chi connectivity index (χ3n) is 6.52. The van der Waals surface area contributed by atoms with Crippen molar-refractivity contribution >= 4 is 40.8 Å². The third kappa shape index (κ3) is 6.40. The lowest BCUT2D eigenvalue weighted by atomic mass is 9.96. The van der Waals surface area contributed by atoms with Gasteiger partial charge in [0.25, 0.3) is 11.8 Å². The molecule has 0 radical (unpaired) electrons. The van der Waals surface area contributed by atoms with Crippen molar-refractivity contribution in [2.75, 3.05) is 11.4 Å². The van der Waals surface area contributed by atoms with Gasteiger partial charge in [-0.3, -0.25) is 9.59 Å². The van der Waals surface area contributed by atoms with Crippen LogP contribution in [0.15, 0.2) is 24.5 Å². The maximum absolute atomic E-state index is 15.0. The lowest BCUT2D eigenvalue weighted by Crippen LogP contribution is -2.55. The predicted octanol–water partition coefficient (Wildman–Crippen LogP) is 4.69. The molecule has 2 aromatic heterocycles. The summed E-state index contributed by atoms with van der Waals surface area (Å²) in [6, 6.07) is 1.89. The Kier molecular flexibility index (Phi) is 7.94. The summed E-state index contributed by atoms with van der Waals surface area (Å²) < 4.78 is 57.8. The van der Waals surface area contributed by atoms with Crippen molar-refractivity contribution in [2.45, 2.75) is 69.4 Å². The van der Waals surface area contributed by atoms with E-state index in [0.29, 0.717) is 17.9 Å². The van der Waals surface area contributed by atoms with Gasteiger partial charge in [0.1, 0.15) is 11.6 Å². The normalized spacial score (nSPS) is 21.3. The molecule has 2 aliphatic rings. The number of rotatable bonds is 7. The second-order valence-electron chi connectivity index (χ2n) is 9.81. The lowest BCUT2D eigenvalue weighted by Gasteiger charge is -2.40. The number of nitrogens with one attached hydrogen (secondary N) is 2. The number of piperidine rings is 1. The molecule has 4 rings (SSSR count). The molecular weight excluding hydrogens is 553 g/mol. The predicted molar refractivity (Wildman–Crippen MR) is 132 cm³/mol. The first-order chi connectivity index (χ1) is 17.7. The summed E-state index contributed by atoms with van der Waals surface area (Å²) in [6.45, 7) is 1.65. The topological polar surface area (TPSA) is 96.4 Å². The molecule has 0 aliphatic carbocycles. The average Bonchev–Trinajstić information content (AvgIpc) is 3.08. The van der Waals surface area contributed by atoms with Crippen LogP contribution in [0.4, 0.5) is 23.4 Å². The van der Waals surface area contributed by atoms with E-state index < -0.39 is 30.0 Å². The number of fused-ring (bicyclic) bond motifs is 2. The molecule has 2 bridgehead atoms. The highest BCUT2D eigenvalue weighted by atomic mass is 35.5. The molecule has 2 aromatic rings. The minimum Gasteiger partial charge on any atom is -0.460 e. The number of carbonyl (C=O) groups excluding carboxylic acids is 2. The van der Waals surface area contributed by atoms with E-state index in [1.165, 1.54) is 12.3 Å². The molecule has 3 atom stereocenters. The molecule has 1 unspecified atom stereocenters. The fourth-order valence-electron chi connectivity index (χ4n) is 4.79. The first-order valence-electron chi connectivity index (χ1n) is 11.8. The van der Waals surface area contributed by atoms with Crippen LogP contribution in [0.1, 0.15) is 49.9 Å². The van der Waals surface area contributed by atoms with E-state index in [-0.39, 0.29) is 46.3 Å². The van der Waals surface area contributed by atoms with E-state index in [4.69, 9.17) is 27.9 Å². The summed E-state index contributed by atoms with van der Waals surface area (Å²) in [6.07, 6.45) is 0.375. The van der Waals surface area contributed by atoms with E-state index in [9.17, 15) is 27.2 Å². The summed E-state index contributed by atoms with van der Waals surface area (Å²) in [5.41, 5.74) is -1.60. The van der Waals surface area contributed by atoms with Gasteiger partial charge in [-0.25, -0.2) is 14.4 Å². The van der Waals surface area contributed by atoms with Crippen LogP contribution in [-0.4, -0.2) is 58.2 Å². The Labute approximate surface area is 226 Å². The summed E-state index contributed by atoms with van der Waals surface area (Å²) >= 11 is 12.0. The molecule has 206 valence electrons. The van der Waals surface area contributed by atoms with Gasteiger partial charge in [0, 0.05) is 30.5 Å². The van der Waals surface area contributed by atoms with Gasteiger partial charge in [-0.2, -0.15) is 13.2 Å². The van der Waals surface area contributed by atoms with Crippen LogP contribution in [-0.2, 0) is 4.79 Å². The van der Waals surface area contributed by atoms with Gasteiger partial charge in [0.15, 0.2) is 17.2 Å². The van der Waals surface area contributed by atoms with Crippen molar-refractivity contribution in [2.24, 2.45) is 0 Å². The van der Waals surface area contributed by atoms with Gasteiger partial charge >= 0.3 is 6.18 Å². The van der Waals surface area contributed by atoms with E-state index in [2.05, 4.69) is 15.3 Å². The fourth-order valence-corrected chi connectivity index (χ4v) is 5.21. The molecular formula is C24H25Cl2F4N5O3. The van der Waals surface area contributed by atoms with Crippen molar-refractivity contribution in [3.05, 3.63) is 46.0 Å². The Morgan fingerprint density at radius 1 is 1.11 bits per heavy atom. The van der Waals surface area contributed by atoms with Crippen LogP contribution in [0.3, 0.4) is 0 Å². The highest BCUT2D eigenvalue weighted by molar-refractivity contribution is 6.35. The molecule has 8 nitrogen and oxygen atoms in total. The summed E-state index contributed by atoms with van der Waals surface area (Å²) in [4.78, 5) is 34.9. The van der Waals surface area contributed by atoms with Gasteiger partial charge in [-0.05, 0) is 51.7 Å². The van der Waals surface area contributed by atoms with Crippen molar-refractivity contribution in [1.29, 1.82) is 0 Å². The van der Waals surface area contributed by atoms with E-state index in [1.807, 2.05) is 4.90 Å². The molecule has 38 heavy (non-hydrogen) atoms. The van der Waals surface area contributed by atoms with Crippen LogP contribution in [0.2, 0.25) is 10.0 Å². The van der Waals surface area contributed by atoms with Gasteiger partial charge in [0.2, 0.25) is 5.88 Å². The Bertz CT molecular complexity index is 1220. The SMILES string of the molecule is CC(C)(Oc1ncc(Cl)cc1Cl)C(=O)NC1C[C@H]2CC[C@@H](C1)N2c1ncc(C(=O)NCC(F)(F)F)cc1F. The van der Waals surface area contributed by atoms with E-state index in [1.54, 1.807) is 19.2 Å². The van der Waals surface area contributed by atoms with Crippen LogP contribution in [0, 0.1) is 5.82 Å².